The molecule has 0 bridgehead atoms. The maximum Gasteiger partial charge on any atom is 0.255 e. The standard InChI is InChI=1S/C22H28N2O6S/c1-28-19-13-16(14-20(29-2)21(19)30-3)22(25)23-17-9-8-10-18(15-17)31(26,27)24-11-6-4-5-7-12-24/h8-10,13-15H,4-7,11-12H2,1-3H3,(H,23,25). The van der Waals surface area contributed by atoms with E-state index in [0.29, 0.717) is 36.0 Å². The molecule has 0 spiro atoms. The van der Waals surface area contributed by atoms with Crippen molar-refractivity contribution in [3.05, 3.63) is 42.0 Å². The molecule has 8 nitrogen and oxygen atoms in total. The predicted molar refractivity (Wildman–Crippen MR) is 118 cm³/mol. The van der Waals surface area contributed by atoms with Crippen molar-refractivity contribution in [2.75, 3.05) is 39.7 Å². The lowest BCUT2D eigenvalue weighted by Gasteiger charge is -2.20. The minimum Gasteiger partial charge on any atom is -0.493 e. The molecule has 2 aromatic carbocycles. The van der Waals surface area contributed by atoms with E-state index in [0.717, 1.165) is 25.7 Å². The van der Waals surface area contributed by atoms with Gasteiger partial charge < -0.3 is 19.5 Å². The first kappa shape index (κ1) is 22.9. The highest BCUT2D eigenvalue weighted by atomic mass is 32.2. The van der Waals surface area contributed by atoms with E-state index in [4.69, 9.17) is 14.2 Å². The lowest BCUT2D eigenvalue weighted by molar-refractivity contribution is 0.102. The van der Waals surface area contributed by atoms with Gasteiger partial charge in [-0.3, -0.25) is 4.79 Å². The number of carbonyl (C=O) groups excluding carboxylic acids is 1. The van der Waals surface area contributed by atoms with Crippen molar-refractivity contribution in [2.45, 2.75) is 30.6 Å². The van der Waals surface area contributed by atoms with Crippen molar-refractivity contribution in [1.29, 1.82) is 0 Å². The van der Waals surface area contributed by atoms with Crippen LogP contribution in [0.5, 0.6) is 17.2 Å². The van der Waals surface area contributed by atoms with E-state index in [1.54, 1.807) is 18.2 Å². The second-order valence-electron chi connectivity index (χ2n) is 7.21. The Morgan fingerprint density at radius 3 is 2.06 bits per heavy atom. The number of hydrogen-bond acceptors (Lipinski definition) is 6. The molecule has 9 heteroatoms. The Morgan fingerprint density at radius 2 is 1.52 bits per heavy atom. The topological polar surface area (TPSA) is 94.2 Å². The molecule has 1 aliphatic rings. The Balaban J connectivity index is 1.85. The molecule has 0 atom stereocenters. The summed E-state index contributed by atoms with van der Waals surface area (Å²) in [7, 11) is 0.806. The summed E-state index contributed by atoms with van der Waals surface area (Å²) in [6, 6.07) is 9.38. The fourth-order valence-electron chi connectivity index (χ4n) is 3.58. The smallest absolute Gasteiger partial charge is 0.255 e. The number of benzene rings is 2. The number of sulfonamides is 1. The molecule has 2 aromatic rings. The van der Waals surface area contributed by atoms with Gasteiger partial charge in [0, 0.05) is 24.3 Å². The van der Waals surface area contributed by atoms with E-state index in [-0.39, 0.29) is 10.5 Å². The molecule has 1 saturated heterocycles. The molecule has 0 unspecified atom stereocenters. The number of hydrogen-bond donors (Lipinski definition) is 1. The van der Waals surface area contributed by atoms with Crippen molar-refractivity contribution in [3.63, 3.8) is 0 Å². The summed E-state index contributed by atoms with van der Waals surface area (Å²) in [5, 5.41) is 2.75. The number of methoxy groups -OCH3 is 3. The summed E-state index contributed by atoms with van der Waals surface area (Å²) in [4.78, 5) is 13.0. The van der Waals surface area contributed by atoms with E-state index in [1.165, 1.54) is 43.8 Å². The number of nitrogens with zero attached hydrogens (tertiary/aromatic N) is 1. The van der Waals surface area contributed by atoms with Crippen molar-refractivity contribution >= 4 is 21.6 Å². The first-order valence-electron chi connectivity index (χ1n) is 10.1. The van der Waals surface area contributed by atoms with Gasteiger partial charge in [0.2, 0.25) is 15.8 Å². The summed E-state index contributed by atoms with van der Waals surface area (Å²) in [6.07, 6.45) is 3.79. The lowest BCUT2D eigenvalue weighted by Crippen LogP contribution is -2.32. The Hall–Kier alpha value is -2.78. The molecule has 31 heavy (non-hydrogen) atoms. The van der Waals surface area contributed by atoms with Gasteiger partial charge in [-0.1, -0.05) is 18.9 Å². The highest BCUT2D eigenvalue weighted by molar-refractivity contribution is 7.89. The SMILES string of the molecule is COc1cc(C(=O)Nc2cccc(S(=O)(=O)N3CCCCCC3)c2)cc(OC)c1OC. The Labute approximate surface area is 183 Å². The summed E-state index contributed by atoms with van der Waals surface area (Å²) < 4.78 is 43.5. The van der Waals surface area contributed by atoms with Crippen LogP contribution in [-0.2, 0) is 10.0 Å². The highest BCUT2D eigenvalue weighted by Crippen LogP contribution is 2.38. The molecule has 1 heterocycles. The van der Waals surface area contributed by atoms with Crippen LogP contribution < -0.4 is 19.5 Å². The van der Waals surface area contributed by atoms with Crippen LogP contribution in [0.1, 0.15) is 36.0 Å². The van der Waals surface area contributed by atoms with E-state index in [2.05, 4.69) is 5.32 Å². The average Bonchev–Trinajstić information content (AvgIpc) is 3.08. The molecule has 168 valence electrons. The van der Waals surface area contributed by atoms with Crippen LogP contribution in [0, 0.1) is 0 Å². The maximum atomic E-state index is 13.1. The first-order valence-corrected chi connectivity index (χ1v) is 11.6. The monoisotopic (exact) mass is 448 g/mol. The lowest BCUT2D eigenvalue weighted by atomic mass is 10.1. The normalized spacial score (nSPS) is 15.1. The number of nitrogens with one attached hydrogen (secondary N) is 1. The quantitative estimate of drug-likeness (QED) is 0.696. The maximum absolute atomic E-state index is 13.1. The number of amides is 1. The van der Waals surface area contributed by atoms with Crippen LogP contribution in [0.15, 0.2) is 41.3 Å². The van der Waals surface area contributed by atoms with Gasteiger partial charge in [-0.25, -0.2) is 8.42 Å². The van der Waals surface area contributed by atoms with Gasteiger partial charge in [0.1, 0.15) is 0 Å². The number of ether oxygens (including phenoxy) is 3. The summed E-state index contributed by atoms with van der Waals surface area (Å²) in [5.74, 6) is 0.657. The molecular weight excluding hydrogens is 420 g/mol. The van der Waals surface area contributed by atoms with Crippen molar-refractivity contribution in [3.8, 4) is 17.2 Å². The second-order valence-corrected chi connectivity index (χ2v) is 9.15. The van der Waals surface area contributed by atoms with Gasteiger partial charge in [-0.05, 0) is 43.2 Å². The van der Waals surface area contributed by atoms with Gasteiger partial charge in [-0.15, -0.1) is 0 Å². The molecule has 1 aliphatic heterocycles. The first-order chi connectivity index (χ1) is 14.9. The van der Waals surface area contributed by atoms with Gasteiger partial charge in [-0.2, -0.15) is 4.31 Å². The van der Waals surface area contributed by atoms with Gasteiger partial charge >= 0.3 is 0 Å². The fourth-order valence-corrected chi connectivity index (χ4v) is 5.14. The van der Waals surface area contributed by atoms with Crippen LogP contribution in [0.4, 0.5) is 5.69 Å². The Kier molecular flexibility index (Phi) is 7.40. The molecule has 0 aromatic heterocycles. The van der Waals surface area contributed by atoms with Crippen LogP contribution in [-0.4, -0.2) is 53.0 Å². The van der Waals surface area contributed by atoms with Crippen LogP contribution in [0.3, 0.4) is 0 Å². The molecular formula is C22H28N2O6S. The molecule has 1 N–H and O–H groups in total. The highest BCUT2D eigenvalue weighted by Gasteiger charge is 2.25. The Bertz CT molecular complexity index is 1010. The fraction of sp³-hybridized carbons (Fsp3) is 0.409. The average molecular weight is 449 g/mol. The van der Waals surface area contributed by atoms with Gasteiger partial charge in [0.05, 0.1) is 26.2 Å². The van der Waals surface area contributed by atoms with Crippen LogP contribution >= 0.6 is 0 Å². The van der Waals surface area contributed by atoms with Crippen molar-refractivity contribution in [1.82, 2.24) is 4.31 Å². The molecule has 0 saturated carbocycles. The van der Waals surface area contributed by atoms with Gasteiger partial charge in [0.15, 0.2) is 11.5 Å². The van der Waals surface area contributed by atoms with Crippen molar-refractivity contribution in [2.24, 2.45) is 0 Å². The number of rotatable bonds is 7. The summed E-state index contributed by atoms with van der Waals surface area (Å²) in [6.45, 7) is 1.04. The van der Waals surface area contributed by atoms with Crippen LogP contribution in [0.2, 0.25) is 0 Å². The molecule has 3 rings (SSSR count). The second kappa shape index (κ2) is 10.0. The third-order valence-corrected chi connectivity index (χ3v) is 7.12. The van der Waals surface area contributed by atoms with Crippen molar-refractivity contribution < 1.29 is 27.4 Å². The molecule has 1 amide bonds. The zero-order chi connectivity index (χ0) is 22.4. The largest absolute Gasteiger partial charge is 0.493 e. The van der Waals surface area contributed by atoms with E-state index in [1.807, 2.05) is 0 Å². The van der Waals surface area contributed by atoms with E-state index >= 15 is 0 Å². The summed E-state index contributed by atoms with van der Waals surface area (Å²) in [5.41, 5.74) is 0.671. The third kappa shape index (κ3) is 5.11. The Morgan fingerprint density at radius 1 is 0.903 bits per heavy atom. The summed E-state index contributed by atoms with van der Waals surface area (Å²) >= 11 is 0. The number of anilines is 1. The molecule has 0 radical (unpaired) electrons. The minimum absolute atomic E-state index is 0.164. The number of carbonyl (C=O) groups is 1. The van der Waals surface area contributed by atoms with E-state index < -0.39 is 15.9 Å². The third-order valence-electron chi connectivity index (χ3n) is 5.22. The van der Waals surface area contributed by atoms with E-state index in [9.17, 15) is 13.2 Å². The zero-order valence-electron chi connectivity index (χ0n) is 18.0. The van der Waals surface area contributed by atoms with Gasteiger partial charge in [0.25, 0.3) is 5.91 Å². The zero-order valence-corrected chi connectivity index (χ0v) is 18.8. The predicted octanol–water partition coefficient (Wildman–Crippen LogP) is 3.53. The molecule has 1 fully saturated rings. The van der Waals surface area contributed by atoms with Crippen LogP contribution in [0.25, 0.3) is 0 Å². The minimum atomic E-state index is -3.61. The molecule has 0 aliphatic carbocycles.